The van der Waals surface area contributed by atoms with E-state index in [1.807, 2.05) is 12.4 Å². The van der Waals surface area contributed by atoms with Gasteiger partial charge in [0.2, 0.25) is 0 Å². The van der Waals surface area contributed by atoms with Crippen LogP contribution in [-0.2, 0) is 6.54 Å². The molecule has 1 aliphatic carbocycles. The molecule has 0 N–H and O–H groups in total. The van der Waals surface area contributed by atoms with E-state index in [9.17, 15) is 0 Å². The van der Waals surface area contributed by atoms with E-state index in [-0.39, 0.29) is 0 Å². The van der Waals surface area contributed by atoms with Crippen LogP contribution in [-0.4, -0.2) is 42.2 Å². The Morgan fingerprint density at radius 3 is 2.21 bits per heavy atom. The van der Waals surface area contributed by atoms with Crippen molar-refractivity contribution in [1.82, 2.24) is 9.88 Å². The zero-order chi connectivity index (χ0) is 23.5. The van der Waals surface area contributed by atoms with Gasteiger partial charge in [-0.05, 0) is 83.7 Å². The van der Waals surface area contributed by atoms with Gasteiger partial charge in [0.25, 0.3) is 0 Å². The predicted octanol–water partition coefficient (Wildman–Crippen LogP) is 6.54. The number of rotatable bonds is 5. The smallest absolute Gasteiger partial charge is 0.120 e. The number of hydrogen-bond donors (Lipinski definition) is 0. The fourth-order valence-electron chi connectivity index (χ4n) is 5.66. The Hall–Kier alpha value is -2.59. The van der Waals surface area contributed by atoms with Gasteiger partial charge in [-0.2, -0.15) is 0 Å². The maximum absolute atomic E-state index is 6.41. The quantitative estimate of drug-likeness (QED) is 0.435. The van der Waals surface area contributed by atoms with Crippen LogP contribution in [0, 0.1) is 11.3 Å². The van der Waals surface area contributed by atoms with E-state index in [0.29, 0.717) is 11.5 Å². The minimum absolute atomic E-state index is 0.362. The van der Waals surface area contributed by atoms with Gasteiger partial charge >= 0.3 is 0 Å². The van der Waals surface area contributed by atoms with Crippen molar-refractivity contribution < 1.29 is 4.74 Å². The Bertz CT molecular complexity index is 1080. The molecule has 1 saturated heterocycles. The minimum atomic E-state index is 0.362. The number of aromatic nitrogens is 1. The topological polar surface area (TPSA) is 28.6 Å². The first-order valence-corrected chi connectivity index (χ1v) is 13.0. The normalized spacial score (nSPS) is 22.1. The van der Waals surface area contributed by atoms with Gasteiger partial charge in [-0.3, -0.25) is 9.88 Å². The fraction of sp³-hybridized carbons (Fsp3) is 0.500. The second-order valence-electron chi connectivity index (χ2n) is 11.3. The first-order chi connectivity index (χ1) is 16.4. The third-order valence-corrected chi connectivity index (χ3v) is 7.88. The number of benzene rings is 2. The predicted molar refractivity (Wildman–Crippen MR) is 142 cm³/mol. The highest BCUT2D eigenvalue weighted by molar-refractivity contribution is 5.84. The molecule has 0 bridgehead atoms. The van der Waals surface area contributed by atoms with Crippen molar-refractivity contribution in [2.24, 2.45) is 11.3 Å². The largest absolute Gasteiger partial charge is 0.490 e. The molecule has 180 valence electrons. The van der Waals surface area contributed by atoms with Crippen LogP contribution in [0.5, 0.6) is 5.75 Å². The number of piperazine rings is 1. The molecule has 34 heavy (non-hydrogen) atoms. The summed E-state index contributed by atoms with van der Waals surface area (Å²) >= 11 is 0. The Morgan fingerprint density at radius 2 is 1.50 bits per heavy atom. The van der Waals surface area contributed by atoms with Crippen LogP contribution < -0.4 is 9.64 Å². The van der Waals surface area contributed by atoms with Crippen molar-refractivity contribution in [2.75, 3.05) is 31.1 Å². The van der Waals surface area contributed by atoms with Gasteiger partial charge in [0, 0.05) is 50.8 Å². The standard InChI is InChI=1S/C30H39N3O/c1-30(2,3)26-7-10-28(11-8-26)34-29-9-6-24-20-23(4-5-25(24)21-29)22-32-16-18-33(19-17-32)27-12-14-31-15-13-27/h4-6,9,12-15,20-21,26,28H,7-8,10-11,16-19,22H2,1-3H3. The summed E-state index contributed by atoms with van der Waals surface area (Å²) in [6, 6.07) is 17.7. The maximum Gasteiger partial charge on any atom is 0.120 e. The van der Waals surface area contributed by atoms with Crippen LogP contribution in [0.25, 0.3) is 10.8 Å². The number of hydrogen-bond acceptors (Lipinski definition) is 4. The molecule has 4 heteroatoms. The molecule has 3 aromatic rings. The average molecular weight is 458 g/mol. The summed E-state index contributed by atoms with van der Waals surface area (Å²) in [4.78, 5) is 9.15. The second-order valence-corrected chi connectivity index (χ2v) is 11.3. The molecule has 2 heterocycles. The summed E-state index contributed by atoms with van der Waals surface area (Å²) in [5.74, 6) is 1.84. The molecule has 1 saturated carbocycles. The van der Waals surface area contributed by atoms with E-state index >= 15 is 0 Å². The highest BCUT2D eigenvalue weighted by atomic mass is 16.5. The Balaban J connectivity index is 1.16. The summed E-state index contributed by atoms with van der Waals surface area (Å²) in [5, 5.41) is 2.57. The van der Waals surface area contributed by atoms with Gasteiger partial charge < -0.3 is 9.64 Å². The minimum Gasteiger partial charge on any atom is -0.490 e. The number of nitrogens with zero attached hydrogens (tertiary/aromatic N) is 3. The monoisotopic (exact) mass is 457 g/mol. The van der Waals surface area contributed by atoms with Crippen molar-refractivity contribution >= 4 is 16.5 Å². The van der Waals surface area contributed by atoms with E-state index in [1.54, 1.807) is 0 Å². The number of pyridine rings is 1. The lowest BCUT2D eigenvalue weighted by Gasteiger charge is -2.37. The number of ether oxygens (including phenoxy) is 1. The van der Waals surface area contributed by atoms with E-state index in [1.165, 1.54) is 47.7 Å². The summed E-state index contributed by atoms with van der Waals surface area (Å²) in [6.45, 7) is 12.4. The molecule has 0 radical (unpaired) electrons. The molecule has 2 fully saturated rings. The van der Waals surface area contributed by atoms with Crippen LogP contribution in [0.1, 0.15) is 52.0 Å². The highest BCUT2D eigenvalue weighted by Gasteiger charge is 2.30. The van der Waals surface area contributed by atoms with Crippen LogP contribution >= 0.6 is 0 Å². The summed E-state index contributed by atoms with van der Waals surface area (Å²) < 4.78 is 6.41. The maximum atomic E-state index is 6.41. The first kappa shape index (κ1) is 23.2. The SMILES string of the molecule is CC(C)(C)C1CCC(Oc2ccc3cc(CN4CCN(c5ccncc5)CC4)ccc3c2)CC1. The molecule has 2 aromatic carbocycles. The molecule has 5 rings (SSSR count). The van der Waals surface area contributed by atoms with Crippen LogP contribution in [0.4, 0.5) is 5.69 Å². The van der Waals surface area contributed by atoms with Crippen LogP contribution in [0.15, 0.2) is 60.9 Å². The molecule has 0 spiro atoms. The zero-order valence-electron chi connectivity index (χ0n) is 21.0. The van der Waals surface area contributed by atoms with Crippen molar-refractivity contribution in [3.63, 3.8) is 0 Å². The van der Waals surface area contributed by atoms with Gasteiger partial charge in [-0.15, -0.1) is 0 Å². The van der Waals surface area contributed by atoms with E-state index in [0.717, 1.165) is 44.4 Å². The van der Waals surface area contributed by atoms with Crippen LogP contribution in [0.3, 0.4) is 0 Å². The van der Waals surface area contributed by atoms with Crippen molar-refractivity contribution in [2.45, 2.75) is 59.1 Å². The molecule has 1 aromatic heterocycles. The lowest BCUT2D eigenvalue weighted by atomic mass is 9.72. The Morgan fingerprint density at radius 1 is 0.824 bits per heavy atom. The third kappa shape index (κ3) is 5.55. The van der Waals surface area contributed by atoms with Gasteiger partial charge in [-0.1, -0.05) is 39.0 Å². The lowest BCUT2D eigenvalue weighted by Crippen LogP contribution is -2.45. The molecular formula is C30H39N3O. The molecular weight excluding hydrogens is 418 g/mol. The summed E-state index contributed by atoms with van der Waals surface area (Å²) in [7, 11) is 0. The average Bonchev–Trinajstić information content (AvgIpc) is 2.85. The van der Waals surface area contributed by atoms with Crippen molar-refractivity contribution in [1.29, 1.82) is 0 Å². The van der Waals surface area contributed by atoms with Crippen molar-refractivity contribution in [3.8, 4) is 5.75 Å². The van der Waals surface area contributed by atoms with Crippen LogP contribution in [0.2, 0.25) is 0 Å². The van der Waals surface area contributed by atoms with Crippen molar-refractivity contribution in [3.05, 3.63) is 66.5 Å². The second kappa shape index (κ2) is 9.95. The molecule has 1 aliphatic heterocycles. The lowest BCUT2D eigenvalue weighted by molar-refractivity contribution is 0.0883. The van der Waals surface area contributed by atoms with Gasteiger partial charge in [-0.25, -0.2) is 0 Å². The molecule has 0 amide bonds. The molecule has 0 atom stereocenters. The fourth-order valence-corrected chi connectivity index (χ4v) is 5.66. The Labute approximate surface area is 204 Å². The summed E-state index contributed by atoms with van der Waals surface area (Å²) in [5.41, 5.74) is 3.08. The van der Waals surface area contributed by atoms with E-state index in [4.69, 9.17) is 4.74 Å². The molecule has 4 nitrogen and oxygen atoms in total. The van der Waals surface area contributed by atoms with Gasteiger partial charge in [0.1, 0.15) is 5.75 Å². The summed E-state index contributed by atoms with van der Waals surface area (Å²) in [6.07, 6.45) is 9.03. The van der Waals surface area contributed by atoms with Gasteiger partial charge in [0.15, 0.2) is 0 Å². The number of anilines is 1. The Kier molecular flexibility index (Phi) is 6.78. The molecule has 0 unspecified atom stereocenters. The van der Waals surface area contributed by atoms with Gasteiger partial charge in [0.05, 0.1) is 6.10 Å². The highest BCUT2D eigenvalue weighted by Crippen LogP contribution is 2.39. The number of fused-ring (bicyclic) bond motifs is 1. The first-order valence-electron chi connectivity index (χ1n) is 13.0. The van der Waals surface area contributed by atoms with E-state index < -0.39 is 0 Å². The zero-order valence-corrected chi connectivity index (χ0v) is 21.0. The van der Waals surface area contributed by atoms with E-state index in [2.05, 4.69) is 84.1 Å². The third-order valence-electron chi connectivity index (χ3n) is 7.88. The molecule has 2 aliphatic rings.